The molecule has 0 saturated heterocycles. The van der Waals surface area contributed by atoms with E-state index in [0.717, 1.165) is 25.8 Å². The summed E-state index contributed by atoms with van der Waals surface area (Å²) >= 11 is 3.07. The molecule has 0 saturated carbocycles. The predicted octanol–water partition coefficient (Wildman–Crippen LogP) is 4.31. The fourth-order valence-corrected chi connectivity index (χ4v) is 4.13. The van der Waals surface area contributed by atoms with Crippen molar-refractivity contribution in [1.82, 2.24) is 15.2 Å². The molecule has 5 nitrogen and oxygen atoms in total. The maximum atomic E-state index is 12.3. The molecular formula is C16H12N4OS2. The molecule has 23 heavy (non-hydrogen) atoms. The molecule has 0 unspecified atom stereocenters. The number of H-pyrrole nitrogens is 1. The third kappa shape index (κ3) is 2.76. The summed E-state index contributed by atoms with van der Waals surface area (Å²) in [6.07, 6.45) is 0. The number of carbonyl (C=O) groups excluding carboxylic acids is 1. The van der Waals surface area contributed by atoms with E-state index in [-0.39, 0.29) is 5.91 Å². The number of benzene rings is 1. The minimum atomic E-state index is -0.158. The fraction of sp³-hybridized carbons (Fsp3) is 0.0625. The third-order valence-corrected chi connectivity index (χ3v) is 5.57. The highest BCUT2D eigenvalue weighted by Gasteiger charge is 2.14. The smallest absolute Gasteiger partial charge is 0.266 e. The van der Waals surface area contributed by atoms with Gasteiger partial charge in [0.1, 0.15) is 5.01 Å². The molecule has 7 heteroatoms. The zero-order valence-corrected chi connectivity index (χ0v) is 13.8. The monoisotopic (exact) mass is 340 g/mol. The van der Waals surface area contributed by atoms with E-state index < -0.39 is 0 Å². The molecular weight excluding hydrogens is 328 g/mol. The normalized spacial score (nSPS) is 11.0. The molecule has 3 heterocycles. The Balaban J connectivity index is 1.59. The number of hydrogen-bond donors (Lipinski definition) is 2. The molecule has 1 aromatic carbocycles. The average molecular weight is 340 g/mol. The maximum Gasteiger partial charge on any atom is 0.266 e. The molecule has 0 fully saturated rings. The number of amides is 1. The Bertz CT molecular complexity index is 965. The van der Waals surface area contributed by atoms with Gasteiger partial charge in [-0.15, -0.1) is 22.7 Å². The predicted molar refractivity (Wildman–Crippen MR) is 94.2 cm³/mol. The van der Waals surface area contributed by atoms with E-state index in [2.05, 4.69) is 26.6 Å². The lowest BCUT2D eigenvalue weighted by molar-refractivity contribution is 0.103. The van der Waals surface area contributed by atoms with Crippen LogP contribution in [0.1, 0.15) is 15.4 Å². The number of thiophene rings is 1. The SMILES string of the molecule is Cc1cc(NC(=O)c2ccc(-c3nc4ccccc4s3)s2)n[nH]1. The van der Waals surface area contributed by atoms with Gasteiger partial charge in [0.15, 0.2) is 5.82 Å². The molecule has 114 valence electrons. The molecule has 1 amide bonds. The van der Waals surface area contributed by atoms with E-state index in [1.807, 2.05) is 37.3 Å². The number of hydrogen-bond acceptors (Lipinski definition) is 5. The Morgan fingerprint density at radius 3 is 2.83 bits per heavy atom. The first-order valence-electron chi connectivity index (χ1n) is 6.98. The number of nitrogens with one attached hydrogen (secondary N) is 2. The maximum absolute atomic E-state index is 12.3. The van der Waals surface area contributed by atoms with Crippen molar-refractivity contribution in [2.24, 2.45) is 0 Å². The van der Waals surface area contributed by atoms with E-state index in [1.54, 1.807) is 17.4 Å². The van der Waals surface area contributed by atoms with Gasteiger partial charge in [0.05, 0.1) is 20.0 Å². The number of nitrogens with zero attached hydrogens (tertiary/aromatic N) is 2. The van der Waals surface area contributed by atoms with Crippen molar-refractivity contribution in [3.8, 4) is 9.88 Å². The van der Waals surface area contributed by atoms with Crippen molar-refractivity contribution >= 4 is 44.6 Å². The van der Waals surface area contributed by atoms with E-state index in [9.17, 15) is 4.79 Å². The van der Waals surface area contributed by atoms with Crippen molar-refractivity contribution in [2.75, 3.05) is 5.32 Å². The van der Waals surface area contributed by atoms with E-state index in [1.165, 1.54) is 11.3 Å². The number of para-hydroxylation sites is 1. The van der Waals surface area contributed by atoms with Crippen LogP contribution in [0, 0.1) is 6.92 Å². The number of thiazole rings is 1. The molecule has 0 atom stereocenters. The Kier molecular flexibility index (Phi) is 3.44. The van der Waals surface area contributed by atoms with Crippen molar-refractivity contribution in [1.29, 1.82) is 0 Å². The van der Waals surface area contributed by atoms with Crippen LogP contribution in [0.25, 0.3) is 20.1 Å². The first kappa shape index (κ1) is 14.1. The summed E-state index contributed by atoms with van der Waals surface area (Å²) in [5.74, 6) is 0.372. The van der Waals surface area contributed by atoms with Crippen LogP contribution in [-0.2, 0) is 0 Å². The van der Waals surface area contributed by atoms with Crippen LogP contribution in [0.5, 0.6) is 0 Å². The zero-order chi connectivity index (χ0) is 15.8. The van der Waals surface area contributed by atoms with Gasteiger partial charge in [-0.2, -0.15) is 5.10 Å². The average Bonchev–Trinajstić information content (AvgIpc) is 3.25. The second-order valence-electron chi connectivity index (χ2n) is 5.04. The van der Waals surface area contributed by atoms with Gasteiger partial charge in [0.2, 0.25) is 0 Å². The third-order valence-electron chi connectivity index (χ3n) is 3.28. The summed E-state index contributed by atoms with van der Waals surface area (Å²) in [4.78, 5) is 18.5. The van der Waals surface area contributed by atoms with E-state index >= 15 is 0 Å². The van der Waals surface area contributed by atoms with Gasteiger partial charge < -0.3 is 5.32 Å². The van der Waals surface area contributed by atoms with Crippen molar-refractivity contribution < 1.29 is 4.79 Å². The van der Waals surface area contributed by atoms with Crippen molar-refractivity contribution in [2.45, 2.75) is 6.92 Å². The van der Waals surface area contributed by atoms with Crippen LogP contribution < -0.4 is 5.32 Å². The minimum Gasteiger partial charge on any atom is -0.304 e. The lowest BCUT2D eigenvalue weighted by atomic mass is 10.3. The Hall–Kier alpha value is -2.51. The molecule has 0 aliphatic carbocycles. The van der Waals surface area contributed by atoms with Gasteiger partial charge in [-0.05, 0) is 31.2 Å². The summed E-state index contributed by atoms with van der Waals surface area (Å²) < 4.78 is 1.15. The quantitative estimate of drug-likeness (QED) is 0.584. The van der Waals surface area contributed by atoms with E-state index in [0.29, 0.717) is 10.7 Å². The van der Waals surface area contributed by atoms with Crippen LogP contribution in [0.15, 0.2) is 42.5 Å². The second-order valence-corrected chi connectivity index (χ2v) is 7.16. The molecule has 4 aromatic rings. The van der Waals surface area contributed by atoms with Crippen LogP contribution in [0.2, 0.25) is 0 Å². The minimum absolute atomic E-state index is 0.158. The van der Waals surface area contributed by atoms with Gasteiger partial charge in [-0.3, -0.25) is 9.89 Å². The highest BCUT2D eigenvalue weighted by Crippen LogP contribution is 2.34. The van der Waals surface area contributed by atoms with Gasteiger partial charge in [0, 0.05) is 11.8 Å². The summed E-state index contributed by atoms with van der Waals surface area (Å²) in [5.41, 5.74) is 1.89. The molecule has 0 bridgehead atoms. The summed E-state index contributed by atoms with van der Waals surface area (Å²) in [5, 5.41) is 10.5. The largest absolute Gasteiger partial charge is 0.304 e. The fourth-order valence-electron chi connectivity index (χ4n) is 2.21. The summed E-state index contributed by atoms with van der Waals surface area (Å²) in [6.45, 7) is 1.89. The van der Waals surface area contributed by atoms with Gasteiger partial charge in [-0.25, -0.2) is 4.98 Å². The number of aromatic nitrogens is 3. The Morgan fingerprint density at radius 1 is 1.17 bits per heavy atom. The summed E-state index contributed by atoms with van der Waals surface area (Å²) in [7, 11) is 0. The molecule has 0 spiro atoms. The first-order valence-corrected chi connectivity index (χ1v) is 8.61. The van der Waals surface area contributed by atoms with Gasteiger partial charge in [-0.1, -0.05) is 12.1 Å². The first-order chi connectivity index (χ1) is 11.2. The highest BCUT2D eigenvalue weighted by molar-refractivity contribution is 7.26. The Morgan fingerprint density at radius 2 is 2.04 bits per heavy atom. The van der Waals surface area contributed by atoms with Crippen LogP contribution in [-0.4, -0.2) is 21.1 Å². The van der Waals surface area contributed by atoms with E-state index in [4.69, 9.17) is 0 Å². The van der Waals surface area contributed by atoms with Gasteiger partial charge in [0.25, 0.3) is 5.91 Å². The van der Waals surface area contributed by atoms with Crippen LogP contribution in [0.3, 0.4) is 0 Å². The summed E-state index contributed by atoms with van der Waals surface area (Å²) in [6, 6.07) is 13.6. The number of fused-ring (bicyclic) bond motifs is 1. The standard InChI is InChI=1S/C16H12N4OS2/c1-9-8-14(20-19-9)18-15(21)12-6-7-13(22-12)16-17-10-4-2-3-5-11(10)23-16/h2-8H,1H3,(H2,18,19,20,21). The van der Waals surface area contributed by atoms with Crippen molar-refractivity contribution in [3.63, 3.8) is 0 Å². The topological polar surface area (TPSA) is 70.7 Å². The van der Waals surface area contributed by atoms with Crippen molar-refractivity contribution in [3.05, 3.63) is 53.0 Å². The number of anilines is 1. The number of carbonyl (C=O) groups is 1. The molecule has 0 aliphatic heterocycles. The van der Waals surface area contributed by atoms with Crippen LogP contribution in [0.4, 0.5) is 5.82 Å². The molecule has 4 rings (SSSR count). The number of aromatic amines is 1. The lowest BCUT2D eigenvalue weighted by Gasteiger charge is -1.97. The van der Waals surface area contributed by atoms with Crippen LogP contribution >= 0.6 is 22.7 Å². The van der Waals surface area contributed by atoms with Gasteiger partial charge >= 0.3 is 0 Å². The Labute approximate surface area is 140 Å². The molecule has 0 aliphatic rings. The highest BCUT2D eigenvalue weighted by atomic mass is 32.1. The number of aryl methyl sites for hydroxylation is 1. The molecule has 3 aromatic heterocycles. The second kappa shape index (κ2) is 5.60. The molecule has 2 N–H and O–H groups in total. The number of rotatable bonds is 3. The lowest BCUT2D eigenvalue weighted by Crippen LogP contribution is -2.10. The zero-order valence-electron chi connectivity index (χ0n) is 12.2. The molecule has 0 radical (unpaired) electrons.